The highest BCUT2D eigenvalue weighted by molar-refractivity contribution is 5.38. The number of aliphatic hydroxyl groups excluding tert-OH is 1. The Morgan fingerprint density at radius 2 is 2.12 bits per heavy atom. The summed E-state index contributed by atoms with van der Waals surface area (Å²) in [6.07, 6.45) is 7.64. The van der Waals surface area contributed by atoms with Gasteiger partial charge in [-0.15, -0.1) is 0 Å². The number of hydrogen-bond acceptors (Lipinski definition) is 2. The summed E-state index contributed by atoms with van der Waals surface area (Å²) in [4.78, 5) is 0. The first-order valence-corrected chi connectivity index (χ1v) is 5.92. The van der Waals surface area contributed by atoms with Gasteiger partial charge in [0.15, 0.2) is 0 Å². The third kappa shape index (κ3) is 4.45. The maximum Gasteiger partial charge on any atom is 0.118 e. The lowest BCUT2D eigenvalue weighted by molar-refractivity contribution is 0.342. The molecule has 0 aliphatic rings. The molecule has 1 aromatic rings. The van der Waals surface area contributed by atoms with Crippen molar-refractivity contribution < 1.29 is 10.2 Å². The number of aliphatic hydroxyl groups is 1. The molecule has 0 heterocycles. The van der Waals surface area contributed by atoms with Gasteiger partial charge in [-0.25, -0.2) is 0 Å². The van der Waals surface area contributed by atoms with Gasteiger partial charge in [0.2, 0.25) is 0 Å². The monoisotopic (exact) mass is 232 g/mol. The Hall–Kier alpha value is -1.54. The van der Waals surface area contributed by atoms with E-state index in [4.69, 9.17) is 5.11 Å². The summed E-state index contributed by atoms with van der Waals surface area (Å²) in [6.45, 7) is 4.05. The zero-order chi connectivity index (χ0) is 12.7. The lowest BCUT2D eigenvalue weighted by Crippen LogP contribution is -1.90. The van der Waals surface area contributed by atoms with Crippen LogP contribution in [0, 0.1) is 6.92 Å². The smallest absolute Gasteiger partial charge is 0.118 e. The van der Waals surface area contributed by atoms with E-state index >= 15 is 0 Å². The van der Waals surface area contributed by atoms with E-state index in [1.54, 1.807) is 12.1 Å². The molecule has 0 aliphatic heterocycles. The standard InChI is InChI=1S/C15H20O2/c1-3-5-13(6-4-9-16)11-14-7-8-15(17)12(2)10-14/h4-8,10,16-17H,3,9,11H2,1-2H3/b6-4-,13-5+. The van der Waals surface area contributed by atoms with E-state index in [1.807, 2.05) is 25.1 Å². The molecule has 0 aromatic heterocycles. The van der Waals surface area contributed by atoms with Crippen LogP contribution in [0.5, 0.6) is 5.75 Å². The molecule has 0 saturated heterocycles. The van der Waals surface area contributed by atoms with Crippen molar-refractivity contribution in [2.45, 2.75) is 26.7 Å². The molecule has 2 nitrogen and oxygen atoms in total. The summed E-state index contributed by atoms with van der Waals surface area (Å²) in [5.74, 6) is 0.334. The molecule has 0 unspecified atom stereocenters. The third-order valence-corrected chi connectivity index (χ3v) is 2.57. The maximum atomic E-state index is 9.46. The number of aryl methyl sites for hydroxylation is 1. The molecular formula is C15H20O2. The van der Waals surface area contributed by atoms with Gasteiger partial charge in [0.1, 0.15) is 5.75 Å². The van der Waals surface area contributed by atoms with E-state index in [9.17, 15) is 5.11 Å². The van der Waals surface area contributed by atoms with Crippen molar-refractivity contribution in [3.8, 4) is 5.75 Å². The minimum atomic E-state index is 0.0651. The summed E-state index contributed by atoms with van der Waals surface area (Å²) >= 11 is 0. The second-order valence-electron chi connectivity index (χ2n) is 4.07. The Morgan fingerprint density at radius 1 is 1.35 bits per heavy atom. The maximum absolute atomic E-state index is 9.46. The molecule has 0 radical (unpaired) electrons. The Kier molecular flexibility index (Phi) is 5.50. The predicted molar refractivity (Wildman–Crippen MR) is 71.1 cm³/mol. The number of rotatable bonds is 5. The zero-order valence-corrected chi connectivity index (χ0v) is 10.5. The fourth-order valence-electron chi connectivity index (χ4n) is 1.73. The molecule has 0 aliphatic carbocycles. The van der Waals surface area contributed by atoms with Gasteiger partial charge in [-0.3, -0.25) is 0 Å². The number of phenolic OH excluding ortho intramolecular Hbond substituents is 1. The van der Waals surface area contributed by atoms with E-state index in [0.717, 1.165) is 18.4 Å². The van der Waals surface area contributed by atoms with Gasteiger partial charge in [0, 0.05) is 0 Å². The predicted octanol–water partition coefficient (Wildman–Crippen LogP) is 3.13. The van der Waals surface area contributed by atoms with E-state index in [-0.39, 0.29) is 6.61 Å². The van der Waals surface area contributed by atoms with Crippen molar-refractivity contribution >= 4 is 0 Å². The molecular weight excluding hydrogens is 212 g/mol. The topological polar surface area (TPSA) is 40.5 Å². The SMILES string of the molecule is CC/C=C(\C=C/CO)Cc1ccc(O)c(C)c1. The van der Waals surface area contributed by atoms with Crippen LogP contribution in [0.4, 0.5) is 0 Å². The molecule has 0 bridgehead atoms. The average Bonchev–Trinajstić information content (AvgIpc) is 2.31. The first-order valence-electron chi connectivity index (χ1n) is 5.92. The summed E-state index contributed by atoms with van der Waals surface area (Å²) in [7, 11) is 0. The highest BCUT2D eigenvalue weighted by atomic mass is 16.3. The molecule has 2 heteroatoms. The summed E-state index contributed by atoms with van der Waals surface area (Å²) < 4.78 is 0. The lowest BCUT2D eigenvalue weighted by atomic mass is 10.0. The van der Waals surface area contributed by atoms with Crippen LogP contribution >= 0.6 is 0 Å². The number of aromatic hydroxyl groups is 1. The zero-order valence-electron chi connectivity index (χ0n) is 10.5. The Morgan fingerprint density at radius 3 is 2.71 bits per heavy atom. The minimum absolute atomic E-state index is 0.0651. The molecule has 0 fully saturated rings. The first-order chi connectivity index (χ1) is 8.17. The minimum Gasteiger partial charge on any atom is -0.508 e. The van der Waals surface area contributed by atoms with Gasteiger partial charge in [0.25, 0.3) is 0 Å². The van der Waals surface area contributed by atoms with Crippen molar-refractivity contribution in [2.24, 2.45) is 0 Å². The Balaban J connectivity index is 2.82. The van der Waals surface area contributed by atoms with Gasteiger partial charge < -0.3 is 10.2 Å². The first kappa shape index (κ1) is 13.5. The Labute approximate surface area is 103 Å². The average molecular weight is 232 g/mol. The largest absolute Gasteiger partial charge is 0.508 e. The summed E-state index contributed by atoms with van der Waals surface area (Å²) in [5, 5.41) is 18.2. The summed E-state index contributed by atoms with van der Waals surface area (Å²) in [6, 6.07) is 5.65. The molecule has 0 spiro atoms. The molecule has 17 heavy (non-hydrogen) atoms. The quantitative estimate of drug-likeness (QED) is 0.766. The van der Waals surface area contributed by atoms with Crippen molar-refractivity contribution in [3.63, 3.8) is 0 Å². The molecule has 92 valence electrons. The van der Waals surface area contributed by atoms with Gasteiger partial charge in [-0.2, -0.15) is 0 Å². The van der Waals surface area contributed by atoms with Gasteiger partial charge in [-0.05, 0) is 42.5 Å². The Bertz CT molecular complexity index is 417. The van der Waals surface area contributed by atoms with Crippen molar-refractivity contribution in [2.75, 3.05) is 6.61 Å². The van der Waals surface area contributed by atoms with Crippen LogP contribution in [0.3, 0.4) is 0 Å². The van der Waals surface area contributed by atoms with Crippen LogP contribution in [0.15, 0.2) is 42.0 Å². The number of allylic oxidation sites excluding steroid dienone is 3. The molecule has 0 atom stereocenters. The van der Waals surface area contributed by atoms with Crippen LogP contribution in [0.1, 0.15) is 24.5 Å². The third-order valence-electron chi connectivity index (χ3n) is 2.57. The van der Waals surface area contributed by atoms with Crippen molar-refractivity contribution in [3.05, 3.63) is 53.1 Å². The van der Waals surface area contributed by atoms with Crippen LogP contribution in [-0.4, -0.2) is 16.8 Å². The molecule has 0 saturated carbocycles. The van der Waals surface area contributed by atoms with Crippen LogP contribution < -0.4 is 0 Å². The number of hydrogen-bond donors (Lipinski definition) is 2. The van der Waals surface area contributed by atoms with Gasteiger partial charge >= 0.3 is 0 Å². The van der Waals surface area contributed by atoms with E-state index in [1.165, 1.54) is 11.1 Å². The molecule has 0 amide bonds. The fraction of sp³-hybridized carbons (Fsp3) is 0.333. The van der Waals surface area contributed by atoms with Gasteiger partial charge in [-0.1, -0.05) is 37.3 Å². The van der Waals surface area contributed by atoms with Gasteiger partial charge in [0.05, 0.1) is 6.61 Å². The van der Waals surface area contributed by atoms with Crippen LogP contribution in [0.25, 0.3) is 0 Å². The van der Waals surface area contributed by atoms with Crippen molar-refractivity contribution in [1.29, 1.82) is 0 Å². The highest BCUT2D eigenvalue weighted by Gasteiger charge is 2.00. The second kappa shape index (κ2) is 6.92. The molecule has 1 aromatic carbocycles. The van der Waals surface area contributed by atoms with Crippen molar-refractivity contribution in [1.82, 2.24) is 0 Å². The summed E-state index contributed by atoms with van der Waals surface area (Å²) in [5.41, 5.74) is 3.25. The van der Waals surface area contributed by atoms with Crippen LogP contribution in [-0.2, 0) is 6.42 Å². The molecule has 2 N–H and O–H groups in total. The van der Waals surface area contributed by atoms with E-state index < -0.39 is 0 Å². The second-order valence-corrected chi connectivity index (χ2v) is 4.07. The molecule has 1 rings (SSSR count). The van der Waals surface area contributed by atoms with Crippen LogP contribution in [0.2, 0.25) is 0 Å². The fourth-order valence-corrected chi connectivity index (χ4v) is 1.73. The normalized spacial score (nSPS) is 12.3. The van der Waals surface area contributed by atoms with E-state index in [2.05, 4.69) is 13.0 Å². The number of benzene rings is 1. The number of phenols is 1. The lowest BCUT2D eigenvalue weighted by Gasteiger charge is -2.05. The van der Waals surface area contributed by atoms with E-state index in [0.29, 0.717) is 5.75 Å². The highest BCUT2D eigenvalue weighted by Crippen LogP contribution is 2.19.